The summed E-state index contributed by atoms with van der Waals surface area (Å²) in [6.07, 6.45) is 15.8. The summed E-state index contributed by atoms with van der Waals surface area (Å²) in [6.45, 7) is 6.20. The van der Waals surface area contributed by atoms with E-state index in [4.69, 9.17) is 0 Å². The lowest BCUT2D eigenvalue weighted by Crippen LogP contribution is -2.44. The standard InChI is InChI=1S/C16H30N2/c1-15(14-18-12-8-5-9-13-18)17-16-10-6-3-2-4-7-11-16/h6,10,15-17H,2-5,7-9,11-14H2,1H3/b10-6+. The number of likely N-dealkylation sites (tertiary alicyclic amines) is 1. The first-order valence-electron chi connectivity index (χ1n) is 7.99. The van der Waals surface area contributed by atoms with Gasteiger partial charge in [0.25, 0.3) is 0 Å². The number of hydrogen-bond donors (Lipinski definition) is 1. The molecule has 0 aromatic rings. The van der Waals surface area contributed by atoms with Gasteiger partial charge in [0.05, 0.1) is 0 Å². The van der Waals surface area contributed by atoms with Gasteiger partial charge in [-0.1, -0.05) is 31.4 Å². The highest BCUT2D eigenvalue weighted by Gasteiger charge is 2.15. The number of nitrogens with zero attached hydrogens (tertiary/aromatic N) is 1. The summed E-state index contributed by atoms with van der Waals surface area (Å²) in [5.74, 6) is 0. The van der Waals surface area contributed by atoms with Crippen molar-refractivity contribution >= 4 is 0 Å². The number of hydrogen-bond acceptors (Lipinski definition) is 2. The van der Waals surface area contributed by atoms with Crippen molar-refractivity contribution in [2.24, 2.45) is 0 Å². The van der Waals surface area contributed by atoms with Crippen molar-refractivity contribution in [1.82, 2.24) is 10.2 Å². The molecule has 0 amide bonds. The van der Waals surface area contributed by atoms with Gasteiger partial charge in [-0.2, -0.15) is 0 Å². The highest BCUT2D eigenvalue weighted by Crippen LogP contribution is 2.13. The Hall–Kier alpha value is -0.340. The summed E-state index contributed by atoms with van der Waals surface area (Å²) in [7, 11) is 0. The van der Waals surface area contributed by atoms with Crippen LogP contribution in [0.5, 0.6) is 0 Å². The van der Waals surface area contributed by atoms with Gasteiger partial charge in [-0.05, 0) is 52.1 Å². The molecule has 0 spiro atoms. The average molecular weight is 250 g/mol. The maximum atomic E-state index is 3.81. The Morgan fingerprint density at radius 1 is 1.11 bits per heavy atom. The minimum atomic E-state index is 0.616. The third-order valence-corrected chi connectivity index (χ3v) is 4.23. The van der Waals surface area contributed by atoms with E-state index in [0.717, 1.165) is 0 Å². The first kappa shape index (κ1) is 14.1. The lowest BCUT2D eigenvalue weighted by molar-refractivity contribution is 0.205. The van der Waals surface area contributed by atoms with Gasteiger partial charge in [-0.3, -0.25) is 0 Å². The van der Waals surface area contributed by atoms with E-state index in [1.807, 2.05) is 0 Å². The normalized spacial score (nSPS) is 30.4. The van der Waals surface area contributed by atoms with E-state index in [0.29, 0.717) is 12.1 Å². The fraction of sp³-hybridized carbons (Fsp3) is 0.875. The number of allylic oxidation sites excluding steroid dienone is 1. The Morgan fingerprint density at radius 3 is 2.72 bits per heavy atom. The van der Waals surface area contributed by atoms with E-state index in [9.17, 15) is 0 Å². The fourth-order valence-corrected chi connectivity index (χ4v) is 3.25. The number of rotatable bonds is 4. The summed E-state index contributed by atoms with van der Waals surface area (Å²) in [6, 6.07) is 1.24. The van der Waals surface area contributed by atoms with Gasteiger partial charge in [0.1, 0.15) is 0 Å². The fourth-order valence-electron chi connectivity index (χ4n) is 3.25. The van der Waals surface area contributed by atoms with Gasteiger partial charge in [0, 0.05) is 18.6 Å². The van der Waals surface area contributed by atoms with E-state index in [1.54, 1.807) is 0 Å². The Balaban J connectivity index is 1.71. The van der Waals surface area contributed by atoms with Crippen LogP contribution in [0.15, 0.2) is 12.2 Å². The number of piperidine rings is 1. The van der Waals surface area contributed by atoms with Crippen LogP contribution >= 0.6 is 0 Å². The van der Waals surface area contributed by atoms with Crippen molar-refractivity contribution in [2.75, 3.05) is 19.6 Å². The molecule has 2 rings (SSSR count). The van der Waals surface area contributed by atoms with E-state index < -0.39 is 0 Å². The topological polar surface area (TPSA) is 15.3 Å². The first-order chi connectivity index (χ1) is 8.84. The molecular weight excluding hydrogens is 220 g/mol. The number of nitrogens with one attached hydrogen (secondary N) is 1. The van der Waals surface area contributed by atoms with Crippen molar-refractivity contribution in [3.8, 4) is 0 Å². The van der Waals surface area contributed by atoms with Gasteiger partial charge < -0.3 is 10.2 Å². The molecule has 1 aliphatic heterocycles. The van der Waals surface area contributed by atoms with Crippen LogP contribution in [-0.2, 0) is 0 Å². The van der Waals surface area contributed by atoms with Crippen molar-refractivity contribution in [3.05, 3.63) is 12.2 Å². The van der Waals surface area contributed by atoms with Gasteiger partial charge in [-0.15, -0.1) is 0 Å². The Morgan fingerprint density at radius 2 is 1.89 bits per heavy atom. The molecule has 1 fully saturated rings. The van der Waals surface area contributed by atoms with Gasteiger partial charge in [-0.25, -0.2) is 0 Å². The van der Waals surface area contributed by atoms with Crippen molar-refractivity contribution in [1.29, 1.82) is 0 Å². The molecule has 104 valence electrons. The average Bonchev–Trinajstić information content (AvgIpc) is 2.34. The highest BCUT2D eigenvalue weighted by molar-refractivity contribution is 4.95. The van der Waals surface area contributed by atoms with Crippen LogP contribution in [0.25, 0.3) is 0 Å². The molecule has 2 aliphatic rings. The monoisotopic (exact) mass is 250 g/mol. The van der Waals surface area contributed by atoms with Crippen LogP contribution in [0.1, 0.15) is 58.3 Å². The third kappa shape index (κ3) is 5.11. The SMILES string of the molecule is CC(CN1CCCCC1)NC1/C=C/CCCCC1. The summed E-state index contributed by atoms with van der Waals surface area (Å²) >= 11 is 0. The third-order valence-electron chi connectivity index (χ3n) is 4.23. The lowest BCUT2D eigenvalue weighted by atomic mass is 10.0. The van der Waals surface area contributed by atoms with Crippen molar-refractivity contribution < 1.29 is 0 Å². The molecule has 18 heavy (non-hydrogen) atoms. The predicted molar refractivity (Wildman–Crippen MR) is 78.9 cm³/mol. The van der Waals surface area contributed by atoms with Crippen LogP contribution < -0.4 is 5.32 Å². The second-order valence-corrected chi connectivity index (χ2v) is 6.10. The Bertz CT molecular complexity index is 243. The highest BCUT2D eigenvalue weighted by atomic mass is 15.2. The Kier molecular flexibility index (Phi) is 6.22. The van der Waals surface area contributed by atoms with Gasteiger partial charge in [0.15, 0.2) is 0 Å². The molecule has 2 heteroatoms. The molecule has 1 aliphatic carbocycles. The summed E-state index contributed by atoms with van der Waals surface area (Å²) in [5, 5.41) is 3.81. The molecule has 1 saturated heterocycles. The van der Waals surface area contributed by atoms with Crippen LogP contribution in [0, 0.1) is 0 Å². The summed E-state index contributed by atoms with van der Waals surface area (Å²) in [5.41, 5.74) is 0. The molecule has 1 N–H and O–H groups in total. The van der Waals surface area contributed by atoms with Gasteiger partial charge >= 0.3 is 0 Å². The molecule has 0 radical (unpaired) electrons. The Labute approximate surface area is 113 Å². The molecule has 0 aromatic heterocycles. The maximum absolute atomic E-state index is 3.81. The molecule has 0 aromatic carbocycles. The van der Waals surface area contributed by atoms with Crippen molar-refractivity contribution in [3.63, 3.8) is 0 Å². The molecule has 2 atom stereocenters. The smallest absolute Gasteiger partial charge is 0.0253 e. The van der Waals surface area contributed by atoms with Crippen LogP contribution in [0.4, 0.5) is 0 Å². The maximum Gasteiger partial charge on any atom is 0.0253 e. The zero-order valence-corrected chi connectivity index (χ0v) is 12.0. The first-order valence-corrected chi connectivity index (χ1v) is 7.99. The van der Waals surface area contributed by atoms with Crippen molar-refractivity contribution in [2.45, 2.75) is 70.4 Å². The molecule has 2 unspecified atom stereocenters. The van der Waals surface area contributed by atoms with Crippen LogP contribution in [0.3, 0.4) is 0 Å². The minimum Gasteiger partial charge on any atom is -0.307 e. The molecule has 0 saturated carbocycles. The zero-order valence-electron chi connectivity index (χ0n) is 12.0. The van der Waals surface area contributed by atoms with E-state index in [1.165, 1.54) is 71.0 Å². The van der Waals surface area contributed by atoms with E-state index in [-0.39, 0.29) is 0 Å². The molecule has 2 nitrogen and oxygen atoms in total. The molecular formula is C16H30N2. The molecule has 1 heterocycles. The largest absolute Gasteiger partial charge is 0.307 e. The second kappa shape index (κ2) is 7.96. The van der Waals surface area contributed by atoms with Crippen LogP contribution in [-0.4, -0.2) is 36.6 Å². The molecule has 0 bridgehead atoms. The predicted octanol–water partition coefficient (Wildman–Crippen LogP) is 3.34. The lowest BCUT2D eigenvalue weighted by Gasteiger charge is -2.31. The summed E-state index contributed by atoms with van der Waals surface area (Å²) in [4.78, 5) is 2.63. The van der Waals surface area contributed by atoms with E-state index >= 15 is 0 Å². The van der Waals surface area contributed by atoms with Crippen LogP contribution in [0.2, 0.25) is 0 Å². The van der Waals surface area contributed by atoms with Gasteiger partial charge in [0.2, 0.25) is 0 Å². The quantitative estimate of drug-likeness (QED) is 0.770. The van der Waals surface area contributed by atoms with E-state index in [2.05, 4.69) is 29.3 Å². The zero-order chi connectivity index (χ0) is 12.6. The minimum absolute atomic E-state index is 0.616. The summed E-state index contributed by atoms with van der Waals surface area (Å²) < 4.78 is 0. The second-order valence-electron chi connectivity index (χ2n) is 6.10.